The van der Waals surface area contributed by atoms with Gasteiger partial charge in [-0.1, -0.05) is 26.8 Å². The third kappa shape index (κ3) is 9.74. The highest BCUT2D eigenvalue weighted by Crippen LogP contribution is 2.34. The van der Waals surface area contributed by atoms with Crippen LogP contribution in [0.3, 0.4) is 0 Å². The monoisotopic (exact) mass is 535 g/mol. The first-order valence-corrected chi connectivity index (χ1v) is 13.3. The third-order valence-electron chi connectivity index (χ3n) is 6.78. The highest BCUT2D eigenvalue weighted by molar-refractivity contribution is 5.81. The standard InChI is InChI=1S/C29H45NO8/c1-10-13-24(31)35-18(4)19(5)36-25(32)21(30)16-20-14-15-22(37-26(33)28(6,7)11-2)23(17-20)38-27(34)29(8,9)12-3/h14-15,17-19,21H,10-13,16,30H2,1-9H3/t18-,19-,21-/m0/s1. The van der Waals surface area contributed by atoms with Gasteiger partial charge in [0.1, 0.15) is 18.2 Å². The van der Waals surface area contributed by atoms with Crippen LogP contribution in [0.1, 0.15) is 93.6 Å². The van der Waals surface area contributed by atoms with E-state index >= 15 is 0 Å². The molecule has 0 aliphatic rings. The molecule has 1 rings (SSSR count). The fourth-order valence-corrected chi connectivity index (χ4v) is 2.88. The summed E-state index contributed by atoms with van der Waals surface area (Å²) in [5.74, 6) is -1.78. The maximum Gasteiger partial charge on any atom is 0.323 e. The van der Waals surface area contributed by atoms with Crippen molar-refractivity contribution in [1.29, 1.82) is 0 Å². The van der Waals surface area contributed by atoms with Gasteiger partial charge in [0.05, 0.1) is 10.8 Å². The van der Waals surface area contributed by atoms with Crippen molar-refractivity contribution in [2.24, 2.45) is 16.6 Å². The molecular weight excluding hydrogens is 490 g/mol. The van der Waals surface area contributed by atoms with E-state index in [-0.39, 0.29) is 30.3 Å². The van der Waals surface area contributed by atoms with Crippen molar-refractivity contribution in [3.05, 3.63) is 23.8 Å². The van der Waals surface area contributed by atoms with Gasteiger partial charge in [0.25, 0.3) is 0 Å². The van der Waals surface area contributed by atoms with Crippen molar-refractivity contribution in [1.82, 2.24) is 0 Å². The van der Waals surface area contributed by atoms with Gasteiger partial charge in [-0.2, -0.15) is 0 Å². The molecule has 1 aromatic rings. The lowest BCUT2D eigenvalue weighted by Crippen LogP contribution is -2.39. The molecule has 0 aliphatic heterocycles. The van der Waals surface area contributed by atoms with E-state index in [9.17, 15) is 19.2 Å². The molecule has 1 aromatic carbocycles. The molecule has 214 valence electrons. The van der Waals surface area contributed by atoms with E-state index in [4.69, 9.17) is 24.7 Å². The lowest BCUT2D eigenvalue weighted by atomic mass is 9.90. The van der Waals surface area contributed by atoms with Gasteiger partial charge in [-0.25, -0.2) is 0 Å². The fraction of sp³-hybridized carbons (Fsp3) is 0.655. The maximum absolute atomic E-state index is 12.8. The highest BCUT2D eigenvalue weighted by Gasteiger charge is 2.32. The SMILES string of the molecule is CCCC(=O)O[C@@H](C)[C@H](C)OC(=O)[C@@H](N)Cc1ccc(OC(=O)C(C)(C)CC)c(OC(=O)C(C)(C)CC)c1. The van der Waals surface area contributed by atoms with Gasteiger partial charge < -0.3 is 24.7 Å². The predicted molar refractivity (Wildman–Crippen MR) is 144 cm³/mol. The molecule has 0 amide bonds. The summed E-state index contributed by atoms with van der Waals surface area (Å²) >= 11 is 0. The number of rotatable bonds is 14. The largest absolute Gasteiger partial charge is 0.459 e. The van der Waals surface area contributed by atoms with Crippen LogP contribution in [0.5, 0.6) is 11.5 Å². The van der Waals surface area contributed by atoms with E-state index in [1.165, 1.54) is 12.1 Å². The Hall–Kier alpha value is -2.94. The van der Waals surface area contributed by atoms with Crippen LogP contribution in [0.25, 0.3) is 0 Å². The van der Waals surface area contributed by atoms with E-state index < -0.39 is 47.0 Å². The first-order valence-electron chi connectivity index (χ1n) is 13.3. The van der Waals surface area contributed by atoms with Gasteiger partial charge in [0.2, 0.25) is 0 Å². The summed E-state index contributed by atoms with van der Waals surface area (Å²) in [5.41, 5.74) is 5.20. The fourth-order valence-electron chi connectivity index (χ4n) is 2.88. The van der Waals surface area contributed by atoms with E-state index in [0.717, 1.165) is 0 Å². The number of ether oxygens (including phenoxy) is 4. The van der Waals surface area contributed by atoms with Gasteiger partial charge >= 0.3 is 23.9 Å². The number of carbonyl (C=O) groups is 4. The van der Waals surface area contributed by atoms with Crippen LogP contribution < -0.4 is 15.2 Å². The van der Waals surface area contributed by atoms with Crippen molar-refractivity contribution in [3.63, 3.8) is 0 Å². The van der Waals surface area contributed by atoms with E-state index in [2.05, 4.69) is 0 Å². The molecule has 0 saturated heterocycles. The summed E-state index contributed by atoms with van der Waals surface area (Å²) in [6.45, 7) is 16.0. The minimum atomic E-state index is -1.03. The Balaban J connectivity index is 3.08. The Labute approximate surface area is 226 Å². The molecule has 9 nitrogen and oxygen atoms in total. The average molecular weight is 536 g/mol. The van der Waals surface area contributed by atoms with Crippen molar-refractivity contribution in [2.45, 2.75) is 113 Å². The van der Waals surface area contributed by atoms with Gasteiger partial charge in [-0.3, -0.25) is 19.2 Å². The summed E-state index contributed by atoms with van der Waals surface area (Å²) in [7, 11) is 0. The first kappa shape index (κ1) is 33.1. The molecule has 3 atom stereocenters. The molecule has 0 saturated carbocycles. The zero-order valence-electron chi connectivity index (χ0n) is 24.3. The minimum absolute atomic E-state index is 0.0691. The van der Waals surface area contributed by atoms with Crippen LogP contribution in [-0.2, 0) is 35.1 Å². The molecule has 0 unspecified atom stereocenters. The molecule has 9 heteroatoms. The number of nitrogens with two attached hydrogens (primary N) is 1. The average Bonchev–Trinajstić information content (AvgIpc) is 2.85. The highest BCUT2D eigenvalue weighted by atomic mass is 16.6. The lowest BCUT2D eigenvalue weighted by molar-refractivity contribution is -0.166. The van der Waals surface area contributed by atoms with Crippen molar-refractivity contribution in [2.75, 3.05) is 0 Å². The van der Waals surface area contributed by atoms with Crippen molar-refractivity contribution < 1.29 is 38.1 Å². The van der Waals surface area contributed by atoms with Crippen LogP contribution in [0.15, 0.2) is 18.2 Å². The van der Waals surface area contributed by atoms with E-state index in [0.29, 0.717) is 24.8 Å². The molecule has 0 radical (unpaired) electrons. The van der Waals surface area contributed by atoms with E-state index in [1.807, 2.05) is 20.8 Å². The Kier molecular flexibility index (Phi) is 12.4. The molecule has 0 aliphatic carbocycles. The van der Waals surface area contributed by atoms with Crippen molar-refractivity contribution in [3.8, 4) is 11.5 Å². The summed E-state index contributed by atoms with van der Waals surface area (Å²) < 4.78 is 21.9. The molecule has 0 heterocycles. The molecule has 2 N–H and O–H groups in total. The summed E-state index contributed by atoms with van der Waals surface area (Å²) in [4.78, 5) is 49.8. The summed E-state index contributed by atoms with van der Waals surface area (Å²) in [6.07, 6.45) is 0.815. The van der Waals surface area contributed by atoms with E-state index in [1.54, 1.807) is 47.6 Å². The summed E-state index contributed by atoms with van der Waals surface area (Å²) in [5, 5.41) is 0. The number of esters is 4. The normalized spacial score (nSPS) is 14.2. The van der Waals surface area contributed by atoms with Crippen LogP contribution in [0, 0.1) is 10.8 Å². The van der Waals surface area contributed by atoms with Crippen LogP contribution in [-0.4, -0.2) is 42.1 Å². The second-order valence-electron chi connectivity index (χ2n) is 10.9. The first-order chi connectivity index (χ1) is 17.6. The number of hydrogen-bond donors (Lipinski definition) is 1. The number of carbonyl (C=O) groups excluding carboxylic acids is 4. The Bertz CT molecular complexity index is 985. The molecule has 0 fully saturated rings. The number of hydrogen-bond acceptors (Lipinski definition) is 9. The van der Waals surface area contributed by atoms with Gasteiger partial charge in [-0.05, 0) is 84.9 Å². The Morgan fingerprint density at radius 1 is 0.816 bits per heavy atom. The lowest BCUT2D eigenvalue weighted by Gasteiger charge is -2.24. The zero-order chi connectivity index (χ0) is 29.3. The molecule has 0 bridgehead atoms. The van der Waals surface area contributed by atoms with Crippen LogP contribution in [0.2, 0.25) is 0 Å². The Morgan fingerprint density at radius 2 is 1.32 bits per heavy atom. The smallest absolute Gasteiger partial charge is 0.323 e. The van der Waals surface area contributed by atoms with Gasteiger partial charge in [0, 0.05) is 6.42 Å². The van der Waals surface area contributed by atoms with Gasteiger partial charge in [0.15, 0.2) is 11.5 Å². The summed E-state index contributed by atoms with van der Waals surface area (Å²) in [6, 6.07) is 3.68. The Morgan fingerprint density at radius 3 is 1.82 bits per heavy atom. The molecule has 0 aromatic heterocycles. The molecule has 38 heavy (non-hydrogen) atoms. The second-order valence-corrected chi connectivity index (χ2v) is 10.9. The predicted octanol–water partition coefficient (Wildman–Crippen LogP) is 4.90. The zero-order valence-corrected chi connectivity index (χ0v) is 24.3. The second kappa shape index (κ2) is 14.3. The van der Waals surface area contributed by atoms with Crippen LogP contribution in [0.4, 0.5) is 0 Å². The minimum Gasteiger partial charge on any atom is -0.459 e. The third-order valence-corrected chi connectivity index (χ3v) is 6.78. The maximum atomic E-state index is 12.8. The van der Waals surface area contributed by atoms with Gasteiger partial charge in [-0.15, -0.1) is 0 Å². The van der Waals surface area contributed by atoms with Crippen molar-refractivity contribution >= 4 is 23.9 Å². The van der Waals surface area contributed by atoms with Crippen LogP contribution >= 0.6 is 0 Å². The quantitative estimate of drug-likeness (QED) is 0.261. The topological polar surface area (TPSA) is 131 Å². The molecular formula is C29H45NO8. The number of benzene rings is 1. The molecule has 0 spiro atoms.